The van der Waals surface area contributed by atoms with Gasteiger partial charge in [-0.25, -0.2) is 9.78 Å². The average Bonchev–Trinajstić information content (AvgIpc) is 3.17. The summed E-state index contributed by atoms with van der Waals surface area (Å²) in [5.41, 5.74) is 4.78. The normalized spacial score (nSPS) is 12.1. The van der Waals surface area contributed by atoms with Crippen LogP contribution in [0.15, 0.2) is 65.0 Å². The maximum atomic E-state index is 13.3. The SMILES string of the molecule is Cc1ccc(-c2csc3ncn(C(C)C(=O)OCc4ccccc4)c(=O)c23)c(C)c1. The van der Waals surface area contributed by atoms with E-state index in [9.17, 15) is 9.59 Å². The Morgan fingerprint density at radius 2 is 1.90 bits per heavy atom. The maximum absolute atomic E-state index is 13.3. The van der Waals surface area contributed by atoms with Crippen molar-refractivity contribution in [2.24, 2.45) is 0 Å². The minimum Gasteiger partial charge on any atom is -0.459 e. The van der Waals surface area contributed by atoms with E-state index in [-0.39, 0.29) is 12.2 Å². The van der Waals surface area contributed by atoms with E-state index in [1.165, 1.54) is 27.8 Å². The van der Waals surface area contributed by atoms with Crippen LogP contribution in [-0.4, -0.2) is 15.5 Å². The number of esters is 1. The standard InChI is InChI=1S/C24H22N2O3S/c1-15-9-10-19(16(2)11-15)20-13-30-22-21(20)23(27)26(14-25-22)17(3)24(28)29-12-18-7-5-4-6-8-18/h4-11,13-14,17H,12H2,1-3H3. The van der Waals surface area contributed by atoms with E-state index in [1.807, 2.05) is 61.7 Å². The largest absolute Gasteiger partial charge is 0.459 e. The van der Waals surface area contributed by atoms with Gasteiger partial charge in [0.1, 0.15) is 17.5 Å². The molecule has 1 unspecified atom stereocenters. The lowest BCUT2D eigenvalue weighted by molar-refractivity contribution is -0.148. The van der Waals surface area contributed by atoms with Gasteiger partial charge in [0.2, 0.25) is 0 Å². The molecule has 0 saturated heterocycles. The molecule has 2 aromatic carbocycles. The molecule has 4 aromatic rings. The van der Waals surface area contributed by atoms with Crippen LogP contribution in [0.4, 0.5) is 0 Å². The predicted octanol–water partition coefficient (Wildman–Crippen LogP) is 5.05. The first-order chi connectivity index (χ1) is 14.5. The molecule has 0 bridgehead atoms. The molecule has 0 aliphatic heterocycles. The van der Waals surface area contributed by atoms with Gasteiger partial charge in [-0.2, -0.15) is 0 Å². The minimum atomic E-state index is -0.773. The third-order valence-electron chi connectivity index (χ3n) is 5.17. The van der Waals surface area contributed by atoms with Crippen LogP contribution in [0.2, 0.25) is 0 Å². The molecular formula is C24H22N2O3S. The zero-order valence-electron chi connectivity index (χ0n) is 17.1. The van der Waals surface area contributed by atoms with Gasteiger partial charge < -0.3 is 4.74 Å². The molecule has 0 aliphatic carbocycles. The molecule has 5 nitrogen and oxygen atoms in total. The number of carbonyl (C=O) groups excluding carboxylic acids is 1. The van der Waals surface area contributed by atoms with Gasteiger partial charge in [0.15, 0.2) is 0 Å². The van der Waals surface area contributed by atoms with Crippen LogP contribution in [0.5, 0.6) is 0 Å². The molecule has 0 spiro atoms. The summed E-state index contributed by atoms with van der Waals surface area (Å²) in [7, 11) is 0. The number of aromatic nitrogens is 2. The summed E-state index contributed by atoms with van der Waals surface area (Å²) >= 11 is 1.43. The fourth-order valence-electron chi connectivity index (χ4n) is 3.50. The monoisotopic (exact) mass is 418 g/mol. The predicted molar refractivity (Wildman–Crippen MR) is 120 cm³/mol. The highest BCUT2D eigenvalue weighted by Crippen LogP contribution is 2.33. The molecule has 0 amide bonds. The highest BCUT2D eigenvalue weighted by Gasteiger charge is 2.22. The third-order valence-corrected chi connectivity index (χ3v) is 6.06. The van der Waals surface area contributed by atoms with Crippen molar-refractivity contribution in [1.82, 2.24) is 9.55 Å². The number of fused-ring (bicyclic) bond motifs is 1. The second-order valence-corrected chi connectivity index (χ2v) is 8.23. The zero-order valence-corrected chi connectivity index (χ0v) is 17.9. The number of thiophene rings is 1. The first kappa shape index (κ1) is 20.0. The summed E-state index contributed by atoms with van der Waals surface area (Å²) in [5, 5.41) is 2.50. The first-order valence-electron chi connectivity index (χ1n) is 9.72. The van der Waals surface area contributed by atoms with Crippen molar-refractivity contribution >= 4 is 27.5 Å². The summed E-state index contributed by atoms with van der Waals surface area (Å²) in [6.45, 7) is 5.90. The smallest absolute Gasteiger partial charge is 0.329 e. The third kappa shape index (κ3) is 3.78. The molecule has 30 heavy (non-hydrogen) atoms. The second-order valence-electron chi connectivity index (χ2n) is 7.37. The molecule has 2 heterocycles. The topological polar surface area (TPSA) is 61.2 Å². The van der Waals surface area contributed by atoms with E-state index in [2.05, 4.69) is 11.1 Å². The van der Waals surface area contributed by atoms with Crippen molar-refractivity contribution in [2.75, 3.05) is 0 Å². The number of carbonyl (C=O) groups is 1. The fraction of sp³-hybridized carbons (Fsp3) is 0.208. The van der Waals surface area contributed by atoms with Crippen LogP contribution in [-0.2, 0) is 16.1 Å². The van der Waals surface area contributed by atoms with Gasteiger partial charge in [-0.1, -0.05) is 54.1 Å². The molecule has 4 rings (SSSR count). The summed E-state index contributed by atoms with van der Waals surface area (Å²) in [5.74, 6) is -0.467. The molecule has 1 atom stereocenters. The lowest BCUT2D eigenvalue weighted by Crippen LogP contribution is -2.29. The van der Waals surface area contributed by atoms with Crippen molar-refractivity contribution in [1.29, 1.82) is 0 Å². The van der Waals surface area contributed by atoms with Crippen molar-refractivity contribution in [3.8, 4) is 11.1 Å². The highest BCUT2D eigenvalue weighted by molar-refractivity contribution is 7.17. The molecule has 0 saturated carbocycles. The fourth-order valence-corrected chi connectivity index (χ4v) is 4.40. The molecule has 6 heteroatoms. The summed E-state index contributed by atoms with van der Waals surface area (Å²) < 4.78 is 6.77. The number of nitrogens with zero attached hydrogens (tertiary/aromatic N) is 2. The Morgan fingerprint density at radius 1 is 1.13 bits per heavy atom. The van der Waals surface area contributed by atoms with Gasteiger partial charge in [0.05, 0.1) is 11.7 Å². The van der Waals surface area contributed by atoms with Gasteiger partial charge in [-0.3, -0.25) is 9.36 Å². The Morgan fingerprint density at radius 3 is 2.63 bits per heavy atom. The van der Waals surface area contributed by atoms with E-state index in [1.54, 1.807) is 6.92 Å². The number of ether oxygens (including phenoxy) is 1. The maximum Gasteiger partial charge on any atom is 0.329 e. The average molecular weight is 419 g/mol. The van der Waals surface area contributed by atoms with E-state index in [0.29, 0.717) is 10.2 Å². The summed E-state index contributed by atoms with van der Waals surface area (Å²) in [6, 6.07) is 14.8. The molecule has 0 radical (unpaired) electrons. The Balaban J connectivity index is 1.67. The van der Waals surface area contributed by atoms with Crippen molar-refractivity contribution < 1.29 is 9.53 Å². The number of hydrogen-bond donors (Lipinski definition) is 0. The summed E-state index contributed by atoms with van der Waals surface area (Å²) in [4.78, 5) is 31.0. The summed E-state index contributed by atoms with van der Waals surface area (Å²) in [6.07, 6.45) is 1.43. The van der Waals surface area contributed by atoms with E-state index < -0.39 is 12.0 Å². The van der Waals surface area contributed by atoms with Crippen LogP contribution in [0.3, 0.4) is 0 Å². The first-order valence-corrected chi connectivity index (χ1v) is 10.6. The van der Waals surface area contributed by atoms with Gasteiger partial charge in [-0.05, 0) is 37.5 Å². The van der Waals surface area contributed by atoms with Crippen LogP contribution < -0.4 is 5.56 Å². The van der Waals surface area contributed by atoms with E-state index in [4.69, 9.17) is 4.74 Å². The minimum absolute atomic E-state index is 0.167. The second kappa shape index (κ2) is 8.24. The molecule has 2 aromatic heterocycles. The van der Waals surface area contributed by atoms with Gasteiger partial charge >= 0.3 is 5.97 Å². The lowest BCUT2D eigenvalue weighted by Gasteiger charge is -2.14. The van der Waals surface area contributed by atoms with Crippen LogP contribution in [0, 0.1) is 13.8 Å². The Kier molecular flexibility index (Phi) is 5.50. The molecular weight excluding hydrogens is 396 g/mol. The molecule has 0 fully saturated rings. The molecule has 0 N–H and O–H groups in total. The Bertz CT molecular complexity index is 1270. The van der Waals surface area contributed by atoms with Crippen molar-refractivity contribution in [2.45, 2.75) is 33.4 Å². The van der Waals surface area contributed by atoms with Crippen molar-refractivity contribution in [3.63, 3.8) is 0 Å². The highest BCUT2D eigenvalue weighted by atomic mass is 32.1. The van der Waals surface area contributed by atoms with Crippen LogP contribution >= 0.6 is 11.3 Å². The number of rotatable bonds is 5. The van der Waals surface area contributed by atoms with Gasteiger partial charge in [0.25, 0.3) is 5.56 Å². The van der Waals surface area contributed by atoms with Crippen LogP contribution in [0.1, 0.15) is 29.7 Å². The number of hydrogen-bond acceptors (Lipinski definition) is 5. The molecule has 152 valence electrons. The number of benzene rings is 2. The quantitative estimate of drug-likeness (QED) is 0.426. The van der Waals surface area contributed by atoms with Crippen molar-refractivity contribution in [3.05, 3.63) is 87.3 Å². The van der Waals surface area contributed by atoms with E-state index >= 15 is 0 Å². The zero-order chi connectivity index (χ0) is 21.3. The Labute approximate surface area is 178 Å². The lowest BCUT2D eigenvalue weighted by atomic mass is 9.99. The Hall–Kier alpha value is -3.25. The molecule has 0 aliphatic rings. The number of aryl methyl sites for hydroxylation is 2. The van der Waals surface area contributed by atoms with Gasteiger partial charge in [-0.15, -0.1) is 11.3 Å². The van der Waals surface area contributed by atoms with E-state index in [0.717, 1.165) is 22.3 Å². The van der Waals surface area contributed by atoms with Crippen LogP contribution in [0.25, 0.3) is 21.3 Å². The van der Waals surface area contributed by atoms with Gasteiger partial charge in [0, 0.05) is 10.9 Å².